The first kappa shape index (κ1) is 12.4. The summed E-state index contributed by atoms with van der Waals surface area (Å²) in [5.41, 5.74) is 5.54. The van der Waals surface area contributed by atoms with Gasteiger partial charge in [0, 0.05) is 6.04 Å². The molecule has 1 aromatic carbocycles. The summed E-state index contributed by atoms with van der Waals surface area (Å²) in [5.74, 6) is 1.72. The molecule has 0 saturated carbocycles. The van der Waals surface area contributed by atoms with E-state index in [0.717, 1.165) is 5.75 Å². The van der Waals surface area contributed by atoms with E-state index in [4.69, 9.17) is 4.74 Å². The maximum atomic E-state index is 5.54. The van der Waals surface area contributed by atoms with Crippen LogP contribution in [0.25, 0.3) is 0 Å². The smallest absolute Gasteiger partial charge is 0.125 e. The quantitative estimate of drug-likeness (QED) is 0.844. The number of ether oxygens (including phenoxy) is 1. The highest BCUT2D eigenvalue weighted by Gasteiger charge is 2.27. The van der Waals surface area contributed by atoms with Gasteiger partial charge in [-0.05, 0) is 61.9 Å². The van der Waals surface area contributed by atoms with Crippen molar-refractivity contribution < 1.29 is 4.74 Å². The molecule has 0 heterocycles. The van der Waals surface area contributed by atoms with Crippen LogP contribution >= 0.6 is 0 Å². The SMILES string of the molecule is CNC1CCC(C)c2cc(C)c(OC)c(C)c21. The normalized spacial score (nSPS) is 23.4. The molecular formula is C15H23NO. The molecule has 2 nitrogen and oxygen atoms in total. The summed E-state index contributed by atoms with van der Waals surface area (Å²) >= 11 is 0. The van der Waals surface area contributed by atoms with Crippen LogP contribution in [0.3, 0.4) is 0 Å². The second-order valence-corrected chi connectivity index (χ2v) is 5.17. The van der Waals surface area contributed by atoms with Crippen LogP contribution in [0.4, 0.5) is 0 Å². The maximum Gasteiger partial charge on any atom is 0.125 e. The maximum absolute atomic E-state index is 5.54. The van der Waals surface area contributed by atoms with E-state index in [0.29, 0.717) is 12.0 Å². The molecule has 0 fully saturated rings. The van der Waals surface area contributed by atoms with Crippen molar-refractivity contribution in [1.29, 1.82) is 0 Å². The minimum absolute atomic E-state index is 0.482. The van der Waals surface area contributed by atoms with Crippen LogP contribution in [0, 0.1) is 13.8 Å². The third-order valence-corrected chi connectivity index (χ3v) is 4.11. The first-order valence-corrected chi connectivity index (χ1v) is 6.45. The molecule has 1 aliphatic carbocycles. The van der Waals surface area contributed by atoms with Gasteiger partial charge in [0.1, 0.15) is 5.75 Å². The number of methoxy groups -OCH3 is 1. The van der Waals surface area contributed by atoms with Crippen LogP contribution in [0.5, 0.6) is 5.75 Å². The molecule has 0 radical (unpaired) electrons. The Morgan fingerprint density at radius 1 is 1.29 bits per heavy atom. The van der Waals surface area contributed by atoms with Gasteiger partial charge in [-0.15, -0.1) is 0 Å². The predicted molar refractivity (Wildman–Crippen MR) is 71.9 cm³/mol. The number of hydrogen-bond donors (Lipinski definition) is 1. The fourth-order valence-corrected chi connectivity index (χ4v) is 3.20. The Morgan fingerprint density at radius 3 is 2.59 bits per heavy atom. The fourth-order valence-electron chi connectivity index (χ4n) is 3.20. The van der Waals surface area contributed by atoms with Gasteiger partial charge in [0.2, 0.25) is 0 Å². The molecule has 0 aromatic heterocycles. The standard InChI is InChI=1S/C15H23NO/c1-9-6-7-13(16-4)14-11(3)15(17-5)10(2)8-12(9)14/h8-9,13,16H,6-7H2,1-5H3. The highest BCUT2D eigenvalue weighted by Crippen LogP contribution is 2.42. The number of fused-ring (bicyclic) bond motifs is 1. The highest BCUT2D eigenvalue weighted by molar-refractivity contribution is 5.52. The molecule has 0 amide bonds. The summed E-state index contributed by atoms with van der Waals surface area (Å²) in [6, 6.07) is 2.80. The summed E-state index contributed by atoms with van der Waals surface area (Å²) in [7, 11) is 3.82. The van der Waals surface area contributed by atoms with Crippen molar-refractivity contribution >= 4 is 0 Å². The lowest BCUT2D eigenvalue weighted by Crippen LogP contribution is -2.24. The molecule has 1 aliphatic rings. The van der Waals surface area contributed by atoms with Gasteiger partial charge < -0.3 is 10.1 Å². The van der Waals surface area contributed by atoms with Gasteiger partial charge in [-0.1, -0.05) is 13.0 Å². The van der Waals surface area contributed by atoms with E-state index in [1.807, 2.05) is 0 Å². The second kappa shape index (κ2) is 4.69. The molecule has 2 atom stereocenters. The minimum Gasteiger partial charge on any atom is -0.496 e. The van der Waals surface area contributed by atoms with Gasteiger partial charge in [0.25, 0.3) is 0 Å². The predicted octanol–water partition coefficient (Wildman–Crippen LogP) is 3.47. The number of benzene rings is 1. The first-order valence-electron chi connectivity index (χ1n) is 6.45. The van der Waals surface area contributed by atoms with E-state index >= 15 is 0 Å². The zero-order chi connectivity index (χ0) is 12.6. The summed E-state index contributed by atoms with van der Waals surface area (Å²) in [5, 5.41) is 3.44. The van der Waals surface area contributed by atoms with Gasteiger partial charge in [0.15, 0.2) is 0 Å². The Kier molecular flexibility index (Phi) is 3.43. The molecule has 0 aliphatic heterocycles. The van der Waals surface area contributed by atoms with Gasteiger partial charge in [-0.25, -0.2) is 0 Å². The third kappa shape index (κ3) is 1.95. The van der Waals surface area contributed by atoms with Gasteiger partial charge in [-0.3, -0.25) is 0 Å². The molecular weight excluding hydrogens is 210 g/mol. The van der Waals surface area contributed by atoms with Crippen molar-refractivity contribution in [2.75, 3.05) is 14.2 Å². The Balaban J connectivity index is 2.64. The van der Waals surface area contributed by atoms with Crippen molar-refractivity contribution in [3.8, 4) is 5.75 Å². The molecule has 0 bridgehead atoms. The lowest BCUT2D eigenvalue weighted by atomic mass is 9.78. The van der Waals surface area contributed by atoms with Crippen LogP contribution < -0.4 is 10.1 Å². The summed E-state index contributed by atoms with van der Waals surface area (Å²) in [6.07, 6.45) is 2.49. The Morgan fingerprint density at radius 2 is 2.00 bits per heavy atom. The molecule has 0 saturated heterocycles. The van der Waals surface area contributed by atoms with E-state index in [1.165, 1.54) is 35.1 Å². The van der Waals surface area contributed by atoms with Gasteiger partial charge >= 0.3 is 0 Å². The molecule has 2 rings (SSSR count). The lowest BCUT2D eigenvalue weighted by Gasteiger charge is -2.32. The summed E-state index contributed by atoms with van der Waals surface area (Å²) in [6.45, 7) is 6.66. The Bertz CT molecular complexity index is 425. The van der Waals surface area contributed by atoms with Crippen LogP contribution in [-0.2, 0) is 0 Å². The molecule has 2 heteroatoms. The molecule has 2 unspecified atom stereocenters. The molecule has 17 heavy (non-hydrogen) atoms. The fraction of sp³-hybridized carbons (Fsp3) is 0.600. The summed E-state index contributed by atoms with van der Waals surface area (Å²) < 4.78 is 5.54. The average Bonchev–Trinajstić information content (AvgIpc) is 2.31. The Hall–Kier alpha value is -1.02. The third-order valence-electron chi connectivity index (χ3n) is 4.11. The number of hydrogen-bond acceptors (Lipinski definition) is 2. The van der Waals surface area contributed by atoms with Crippen molar-refractivity contribution in [3.63, 3.8) is 0 Å². The first-order chi connectivity index (χ1) is 8.10. The minimum atomic E-state index is 0.482. The van der Waals surface area contributed by atoms with Gasteiger partial charge in [-0.2, -0.15) is 0 Å². The Labute approximate surface area is 104 Å². The van der Waals surface area contributed by atoms with Crippen molar-refractivity contribution in [2.24, 2.45) is 0 Å². The van der Waals surface area contributed by atoms with E-state index in [9.17, 15) is 0 Å². The van der Waals surface area contributed by atoms with E-state index in [1.54, 1.807) is 7.11 Å². The van der Waals surface area contributed by atoms with E-state index in [-0.39, 0.29) is 0 Å². The van der Waals surface area contributed by atoms with E-state index < -0.39 is 0 Å². The van der Waals surface area contributed by atoms with Crippen LogP contribution in [-0.4, -0.2) is 14.2 Å². The van der Waals surface area contributed by atoms with Crippen molar-refractivity contribution in [2.45, 2.75) is 45.6 Å². The largest absolute Gasteiger partial charge is 0.496 e. The molecule has 1 aromatic rings. The number of nitrogens with one attached hydrogen (secondary N) is 1. The van der Waals surface area contributed by atoms with Crippen molar-refractivity contribution in [3.05, 3.63) is 28.3 Å². The van der Waals surface area contributed by atoms with Crippen LogP contribution in [0.2, 0.25) is 0 Å². The lowest BCUT2D eigenvalue weighted by molar-refractivity contribution is 0.400. The van der Waals surface area contributed by atoms with Gasteiger partial charge in [0.05, 0.1) is 7.11 Å². The van der Waals surface area contributed by atoms with Crippen molar-refractivity contribution in [1.82, 2.24) is 5.32 Å². The zero-order valence-electron chi connectivity index (χ0n) is 11.6. The summed E-state index contributed by atoms with van der Waals surface area (Å²) in [4.78, 5) is 0. The number of rotatable bonds is 2. The molecule has 0 spiro atoms. The topological polar surface area (TPSA) is 21.3 Å². The average molecular weight is 233 g/mol. The van der Waals surface area contributed by atoms with Crippen LogP contribution in [0.1, 0.15) is 54.0 Å². The number of aryl methyl sites for hydroxylation is 1. The molecule has 94 valence electrons. The second-order valence-electron chi connectivity index (χ2n) is 5.17. The highest BCUT2D eigenvalue weighted by atomic mass is 16.5. The monoisotopic (exact) mass is 233 g/mol. The molecule has 1 N–H and O–H groups in total. The van der Waals surface area contributed by atoms with E-state index in [2.05, 4.69) is 39.2 Å². The van der Waals surface area contributed by atoms with Crippen LogP contribution in [0.15, 0.2) is 6.07 Å². The zero-order valence-corrected chi connectivity index (χ0v) is 11.6.